The Morgan fingerprint density at radius 1 is 1.44 bits per heavy atom. The van der Waals surface area contributed by atoms with Crippen LogP contribution in [0, 0.1) is 0 Å². The third kappa shape index (κ3) is 5.77. The quantitative estimate of drug-likeness (QED) is 0.557. The lowest BCUT2D eigenvalue weighted by Crippen LogP contribution is -2.37. The summed E-state index contributed by atoms with van der Waals surface area (Å²) in [5, 5.41) is 2.81. The Labute approximate surface area is 109 Å². The van der Waals surface area contributed by atoms with Gasteiger partial charge in [-0.15, -0.1) is 0 Å². The summed E-state index contributed by atoms with van der Waals surface area (Å²) in [4.78, 5) is 13.8. The highest BCUT2D eigenvalue weighted by atomic mass is 16.5. The fourth-order valence-electron chi connectivity index (χ4n) is 1.78. The van der Waals surface area contributed by atoms with E-state index >= 15 is 0 Å². The molecule has 1 rings (SSSR count). The first-order valence-electron chi connectivity index (χ1n) is 6.49. The molecule has 3 N–H and O–H groups in total. The molecule has 106 valence electrons. The molecule has 2 atom stereocenters. The zero-order valence-corrected chi connectivity index (χ0v) is 11.4. The number of amides is 1. The van der Waals surface area contributed by atoms with E-state index in [1.54, 1.807) is 0 Å². The van der Waals surface area contributed by atoms with Gasteiger partial charge in [0, 0.05) is 19.6 Å². The van der Waals surface area contributed by atoms with Crippen molar-refractivity contribution < 1.29 is 14.3 Å². The number of carbonyl (C=O) groups is 1. The summed E-state index contributed by atoms with van der Waals surface area (Å²) in [7, 11) is 3.99. The molecule has 0 spiro atoms. The number of nitrogens with zero attached hydrogens (tertiary/aromatic N) is 1. The number of likely N-dealkylation sites (N-methyl/N-ethyl adjacent to an activating group) is 1. The Morgan fingerprint density at radius 2 is 2.22 bits per heavy atom. The van der Waals surface area contributed by atoms with E-state index < -0.39 is 0 Å². The third-order valence-corrected chi connectivity index (χ3v) is 2.89. The first kappa shape index (κ1) is 15.4. The van der Waals surface area contributed by atoms with Crippen LogP contribution < -0.4 is 11.1 Å². The SMILES string of the molecule is CN(C)CCOCCNC(=O)C1CCC(CN)O1. The van der Waals surface area contributed by atoms with E-state index in [0.29, 0.717) is 26.3 Å². The predicted molar refractivity (Wildman–Crippen MR) is 69.3 cm³/mol. The molecule has 6 nitrogen and oxygen atoms in total. The summed E-state index contributed by atoms with van der Waals surface area (Å²) in [5.74, 6) is -0.0536. The summed E-state index contributed by atoms with van der Waals surface area (Å²) in [6.45, 7) is 3.11. The first-order valence-corrected chi connectivity index (χ1v) is 6.49. The van der Waals surface area contributed by atoms with Gasteiger partial charge >= 0.3 is 0 Å². The molecule has 1 heterocycles. The second kappa shape index (κ2) is 8.42. The second-order valence-corrected chi connectivity index (χ2v) is 4.77. The maximum atomic E-state index is 11.7. The Hall–Kier alpha value is -0.690. The number of carbonyl (C=O) groups excluding carboxylic acids is 1. The highest BCUT2D eigenvalue weighted by Gasteiger charge is 2.29. The minimum Gasteiger partial charge on any atom is -0.378 e. The van der Waals surface area contributed by atoms with Gasteiger partial charge < -0.3 is 25.4 Å². The van der Waals surface area contributed by atoms with E-state index in [1.807, 2.05) is 14.1 Å². The zero-order chi connectivity index (χ0) is 13.4. The Morgan fingerprint density at radius 3 is 2.83 bits per heavy atom. The van der Waals surface area contributed by atoms with Gasteiger partial charge in [-0.1, -0.05) is 0 Å². The topological polar surface area (TPSA) is 76.8 Å². The number of nitrogens with one attached hydrogen (secondary N) is 1. The lowest BCUT2D eigenvalue weighted by Gasteiger charge is -2.13. The number of hydrogen-bond acceptors (Lipinski definition) is 5. The van der Waals surface area contributed by atoms with Crippen LogP contribution in [0.1, 0.15) is 12.8 Å². The second-order valence-electron chi connectivity index (χ2n) is 4.77. The summed E-state index contributed by atoms with van der Waals surface area (Å²) >= 11 is 0. The summed E-state index contributed by atoms with van der Waals surface area (Å²) in [6, 6.07) is 0. The summed E-state index contributed by atoms with van der Waals surface area (Å²) < 4.78 is 10.9. The van der Waals surface area contributed by atoms with E-state index in [2.05, 4.69) is 10.2 Å². The molecule has 1 fully saturated rings. The fraction of sp³-hybridized carbons (Fsp3) is 0.917. The molecule has 1 amide bonds. The van der Waals surface area contributed by atoms with Crippen molar-refractivity contribution in [1.82, 2.24) is 10.2 Å². The predicted octanol–water partition coefficient (Wildman–Crippen LogP) is -0.813. The lowest BCUT2D eigenvalue weighted by molar-refractivity contribution is -0.132. The normalized spacial score (nSPS) is 23.6. The van der Waals surface area contributed by atoms with Crippen molar-refractivity contribution in [1.29, 1.82) is 0 Å². The molecule has 0 aromatic rings. The van der Waals surface area contributed by atoms with Crippen LogP contribution in [0.25, 0.3) is 0 Å². The van der Waals surface area contributed by atoms with Crippen LogP contribution in [0.3, 0.4) is 0 Å². The molecule has 6 heteroatoms. The molecular formula is C12H25N3O3. The van der Waals surface area contributed by atoms with E-state index in [9.17, 15) is 4.79 Å². The first-order chi connectivity index (χ1) is 8.63. The van der Waals surface area contributed by atoms with Gasteiger partial charge in [0.05, 0.1) is 19.3 Å². The molecule has 0 aliphatic carbocycles. The largest absolute Gasteiger partial charge is 0.378 e. The zero-order valence-electron chi connectivity index (χ0n) is 11.4. The molecule has 0 saturated carbocycles. The molecule has 0 aromatic carbocycles. The molecule has 1 aliphatic rings. The van der Waals surface area contributed by atoms with Crippen LogP contribution in [-0.4, -0.2) is 70.0 Å². The van der Waals surface area contributed by atoms with E-state index in [0.717, 1.165) is 19.4 Å². The van der Waals surface area contributed by atoms with Gasteiger partial charge in [-0.05, 0) is 26.9 Å². The molecule has 2 unspecified atom stereocenters. The Bertz CT molecular complexity index is 249. The number of hydrogen-bond donors (Lipinski definition) is 2. The molecule has 0 aromatic heterocycles. The van der Waals surface area contributed by atoms with Crippen molar-refractivity contribution in [3.8, 4) is 0 Å². The van der Waals surface area contributed by atoms with Crippen molar-refractivity contribution in [3.63, 3.8) is 0 Å². The maximum absolute atomic E-state index is 11.7. The van der Waals surface area contributed by atoms with Gasteiger partial charge in [0.2, 0.25) is 5.91 Å². The van der Waals surface area contributed by atoms with E-state index in [-0.39, 0.29) is 18.1 Å². The van der Waals surface area contributed by atoms with Crippen molar-refractivity contribution in [3.05, 3.63) is 0 Å². The van der Waals surface area contributed by atoms with Gasteiger partial charge in [-0.25, -0.2) is 0 Å². The third-order valence-electron chi connectivity index (χ3n) is 2.89. The number of nitrogens with two attached hydrogens (primary N) is 1. The van der Waals surface area contributed by atoms with Crippen LogP contribution >= 0.6 is 0 Å². The molecule has 0 radical (unpaired) electrons. The van der Waals surface area contributed by atoms with Crippen molar-refractivity contribution in [2.24, 2.45) is 5.73 Å². The van der Waals surface area contributed by atoms with Crippen molar-refractivity contribution >= 4 is 5.91 Å². The summed E-state index contributed by atoms with van der Waals surface area (Å²) in [6.07, 6.45) is 1.33. The minimum atomic E-state index is -0.333. The molecular weight excluding hydrogens is 234 g/mol. The standard InChI is InChI=1S/C12H25N3O3/c1-15(2)6-8-17-7-5-14-12(16)11-4-3-10(9-13)18-11/h10-11H,3-9,13H2,1-2H3,(H,14,16). The van der Waals surface area contributed by atoms with Gasteiger partial charge in [-0.2, -0.15) is 0 Å². The van der Waals surface area contributed by atoms with Crippen LogP contribution in [0.4, 0.5) is 0 Å². The minimum absolute atomic E-state index is 0.0390. The van der Waals surface area contributed by atoms with Gasteiger partial charge in [-0.3, -0.25) is 4.79 Å². The smallest absolute Gasteiger partial charge is 0.249 e. The van der Waals surface area contributed by atoms with Gasteiger partial charge in [0.1, 0.15) is 6.10 Å². The van der Waals surface area contributed by atoms with E-state index in [1.165, 1.54) is 0 Å². The maximum Gasteiger partial charge on any atom is 0.249 e. The van der Waals surface area contributed by atoms with E-state index in [4.69, 9.17) is 15.2 Å². The van der Waals surface area contributed by atoms with Crippen molar-refractivity contribution in [2.45, 2.75) is 25.0 Å². The van der Waals surface area contributed by atoms with Crippen LogP contribution in [0.5, 0.6) is 0 Å². The van der Waals surface area contributed by atoms with Crippen LogP contribution in [-0.2, 0) is 14.3 Å². The fourth-order valence-corrected chi connectivity index (χ4v) is 1.78. The molecule has 1 saturated heterocycles. The van der Waals surface area contributed by atoms with Gasteiger partial charge in [0.25, 0.3) is 0 Å². The van der Waals surface area contributed by atoms with Crippen LogP contribution in [0.15, 0.2) is 0 Å². The van der Waals surface area contributed by atoms with Gasteiger partial charge in [0.15, 0.2) is 0 Å². The molecule has 18 heavy (non-hydrogen) atoms. The highest BCUT2D eigenvalue weighted by Crippen LogP contribution is 2.18. The molecule has 1 aliphatic heterocycles. The average Bonchev–Trinajstić information content (AvgIpc) is 2.81. The average molecular weight is 259 g/mol. The number of rotatable bonds is 8. The molecule has 0 bridgehead atoms. The monoisotopic (exact) mass is 259 g/mol. The van der Waals surface area contributed by atoms with Crippen molar-refractivity contribution in [2.75, 3.05) is 46.9 Å². The number of ether oxygens (including phenoxy) is 2. The summed E-state index contributed by atoms with van der Waals surface area (Å²) in [5.41, 5.74) is 5.49. The highest BCUT2D eigenvalue weighted by molar-refractivity contribution is 5.80. The Kier molecular flexibility index (Phi) is 7.19. The van der Waals surface area contributed by atoms with Crippen LogP contribution in [0.2, 0.25) is 0 Å². The Balaban J connectivity index is 2.00. The lowest BCUT2D eigenvalue weighted by atomic mass is 10.2.